The topological polar surface area (TPSA) is 58.6 Å². The van der Waals surface area contributed by atoms with E-state index < -0.39 is 6.09 Å². The molecule has 2 atom stereocenters. The van der Waals surface area contributed by atoms with Gasteiger partial charge in [0.15, 0.2) is 0 Å². The van der Waals surface area contributed by atoms with Crippen LogP contribution in [0.25, 0.3) is 0 Å². The van der Waals surface area contributed by atoms with Crippen LogP contribution in [0, 0.1) is 5.92 Å². The number of phenols is 1. The normalized spacial score (nSPS) is 18.6. The van der Waals surface area contributed by atoms with Crippen molar-refractivity contribution in [2.24, 2.45) is 5.92 Å². The van der Waals surface area contributed by atoms with Crippen molar-refractivity contribution in [1.82, 2.24) is 5.32 Å². The third-order valence-electron chi connectivity index (χ3n) is 5.74. The first-order valence-corrected chi connectivity index (χ1v) is 12.2. The highest BCUT2D eigenvalue weighted by Gasteiger charge is 2.31. The molecule has 0 unspecified atom stereocenters. The van der Waals surface area contributed by atoms with Gasteiger partial charge in [0.25, 0.3) is 0 Å². The Morgan fingerprint density at radius 1 is 1.33 bits per heavy atom. The summed E-state index contributed by atoms with van der Waals surface area (Å²) in [7, 11) is 0. The number of ether oxygens (including phenoxy) is 1. The number of allylic oxidation sites excluding steroid dienone is 3. The van der Waals surface area contributed by atoms with Gasteiger partial charge in [0.1, 0.15) is 11.5 Å². The molecular formula is C25H36BrNO3. The molecule has 166 valence electrons. The number of hydrogen-bond donors (Lipinski definition) is 2. The van der Waals surface area contributed by atoms with Crippen LogP contribution in [0.2, 0.25) is 0 Å². The van der Waals surface area contributed by atoms with Gasteiger partial charge in [-0.1, -0.05) is 59.5 Å². The molecule has 1 aromatic carbocycles. The summed E-state index contributed by atoms with van der Waals surface area (Å²) in [6.45, 7) is 11.0. The average Bonchev–Trinajstić information content (AvgIpc) is 2.68. The minimum absolute atomic E-state index is 0.0497. The SMILES string of the molecule is C=C(C)[C@@H]1CCC(C)=C[C@H]1c1c(O)cc(CCCCC)cc1OC(=O)NCCCBr. The zero-order chi connectivity index (χ0) is 22.1. The monoisotopic (exact) mass is 477 g/mol. The van der Waals surface area contributed by atoms with Crippen LogP contribution in [-0.4, -0.2) is 23.1 Å². The molecule has 4 nitrogen and oxygen atoms in total. The van der Waals surface area contributed by atoms with E-state index in [0.717, 1.165) is 61.4 Å². The Kier molecular flexibility index (Phi) is 9.96. The first kappa shape index (κ1) is 24.5. The van der Waals surface area contributed by atoms with Gasteiger partial charge in [0.2, 0.25) is 0 Å². The maximum atomic E-state index is 12.4. The maximum absolute atomic E-state index is 12.4. The summed E-state index contributed by atoms with van der Waals surface area (Å²) >= 11 is 3.36. The zero-order valence-corrected chi connectivity index (χ0v) is 20.2. The van der Waals surface area contributed by atoms with Gasteiger partial charge in [-0.25, -0.2) is 4.79 Å². The molecule has 5 heteroatoms. The highest BCUT2D eigenvalue weighted by atomic mass is 79.9. The van der Waals surface area contributed by atoms with Crippen LogP contribution in [0.5, 0.6) is 11.5 Å². The highest BCUT2D eigenvalue weighted by molar-refractivity contribution is 9.09. The Bertz CT molecular complexity index is 772. The van der Waals surface area contributed by atoms with Crippen molar-refractivity contribution in [2.45, 2.75) is 71.6 Å². The van der Waals surface area contributed by atoms with Crippen molar-refractivity contribution in [2.75, 3.05) is 11.9 Å². The fraction of sp³-hybridized carbons (Fsp3) is 0.560. The molecule has 1 aromatic rings. The smallest absolute Gasteiger partial charge is 0.412 e. The second-order valence-electron chi connectivity index (χ2n) is 8.37. The van der Waals surface area contributed by atoms with Gasteiger partial charge >= 0.3 is 6.09 Å². The van der Waals surface area contributed by atoms with Gasteiger partial charge in [0, 0.05) is 23.4 Å². The third-order valence-corrected chi connectivity index (χ3v) is 6.31. The number of amides is 1. The minimum atomic E-state index is -0.481. The summed E-state index contributed by atoms with van der Waals surface area (Å²) in [5.74, 6) is 0.824. The van der Waals surface area contributed by atoms with Crippen molar-refractivity contribution in [3.8, 4) is 11.5 Å². The van der Waals surface area contributed by atoms with Crippen molar-refractivity contribution >= 4 is 22.0 Å². The molecule has 0 saturated heterocycles. The molecule has 0 saturated carbocycles. The molecule has 2 N–H and O–H groups in total. The van der Waals surface area contributed by atoms with E-state index in [-0.39, 0.29) is 17.6 Å². The predicted molar refractivity (Wildman–Crippen MR) is 128 cm³/mol. The molecule has 1 aliphatic carbocycles. The Balaban J connectivity index is 2.41. The number of aromatic hydroxyl groups is 1. The van der Waals surface area contributed by atoms with Gasteiger partial charge in [-0.15, -0.1) is 0 Å². The second-order valence-corrected chi connectivity index (χ2v) is 9.17. The fourth-order valence-electron chi connectivity index (χ4n) is 4.11. The number of carbonyl (C=O) groups is 1. The maximum Gasteiger partial charge on any atom is 0.412 e. The van der Waals surface area contributed by atoms with Gasteiger partial charge < -0.3 is 15.2 Å². The van der Waals surface area contributed by atoms with Crippen molar-refractivity contribution in [1.29, 1.82) is 0 Å². The van der Waals surface area contributed by atoms with Gasteiger partial charge in [-0.3, -0.25) is 0 Å². The van der Waals surface area contributed by atoms with Crippen LogP contribution in [0.3, 0.4) is 0 Å². The molecule has 0 spiro atoms. The lowest BCUT2D eigenvalue weighted by Gasteiger charge is -2.32. The third kappa shape index (κ3) is 6.90. The van der Waals surface area contributed by atoms with Crippen LogP contribution in [0.15, 0.2) is 35.9 Å². The van der Waals surface area contributed by atoms with Crippen LogP contribution < -0.4 is 10.1 Å². The van der Waals surface area contributed by atoms with E-state index in [4.69, 9.17) is 4.74 Å². The Morgan fingerprint density at radius 2 is 2.10 bits per heavy atom. The molecule has 0 heterocycles. The molecule has 1 amide bonds. The summed E-state index contributed by atoms with van der Waals surface area (Å²) in [5.41, 5.74) is 4.06. The number of aryl methyl sites for hydroxylation is 1. The lowest BCUT2D eigenvalue weighted by Crippen LogP contribution is -2.28. The molecule has 0 aromatic heterocycles. The van der Waals surface area contributed by atoms with Crippen LogP contribution in [0.1, 0.15) is 76.3 Å². The molecule has 2 rings (SSSR count). The summed E-state index contributed by atoms with van der Waals surface area (Å²) in [4.78, 5) is 12.4. The molecular weight excluding hydrogens is 442 g/mol. The van der Waals surface area contributed by atoms with Crippen molar-refractivity contribution in [3.05, 3.63) is 47.1 Å². The number of benzene rings is 1. The number of unbranched alkanes of at least 4 members (excludes halogenated alkanes) is 2. The molecule has 0 radical (unpaired) electrons. The Morgan fingerprint density at radius 3 is 2.77 bits per heavy atom. The number of rotatable bonds is 10. The van der Waals surface area contributed by atoms with Gasteiger partial charge in [0.05, 0.1) is 0 Å². The molecule has 0 fully saturated rings. The summed E-state index contributed by atoms with van der Waals surface area (Å²) in [6, 6.07) is 3.77. The van der Waals surface area contributed by atoms with E-state index in [0.29, 0.717) is 17.9 Å². The number of carbonyl (C=O) groups excluding carboxylic acids is 1. The van der Waals surface area contributed by atoms with E-state index in [1.165, 1.54) is 5.57 Å². The largest absolute Gasteiger partial charge is 0.507 e. The fourth-order valence-corrected chi connectivity index (χ4v) is 4.39. The minimum Gasteiger partial charge on any atom is -0.507 e. The molecule has 0 bridgehead atoms. The first-order valence-electron chi connectivity index (χ1n) is 11.1. The van der Waals surface area contributed by atoms with E-state index in [1.807, 2.05) is 19.1 Å². The van der Waals surface area contributed by atoms with Gasteiger partial charge in [-0.2, -0.15) is 0 Å². The molecule has 30 heavy (non-hydrogen) atoms. The van der Waals surface area contributed by atoms with E-state index >= 15 is 0 Å². The first-order chi connectivity index (χ1) is 14.4. The number of nitrogens with one attached hydrogen (secondary N) is 1. The number of hydrogen-bond acceptors (Lipinski definition) is 3. The molecule has 1 aliphatic rings. The number of phenolic OH excluding ortho intramolecular Hbond substituents is 1. The van der Waals surface area contributed by atoms with E-state index in [2.05, 4.69) is 47.7 Å². The van der Waals surface area contributed by atoms with Crippen molar-refractivity contribution < 1.29 is 14.6 Å². The second kappa shape index (κ2) is 12.2. The predicted octanol–water partition coefficient (Wildman–Crippen LogP) is 7.01. The van der Waals surface area contributed by atoms with E-state index in [1.54, 1.807) is 0 Å². The average molecular weight is 478 g/mol. The lowest BCUT2D eigenvalue weighted by atomic mass is 9.73. The standard InChI is InChI=1S/C25H36BrNO3/c1-5-6-7-9-19-15-22(28)24(21-14-18(4)10-11-20(21)17(2)3)23(16-19)30-25(29)27-13-8-12-26/h14-16,20-21,28H,2,5-13H2,1,3-4H3,(H,27,29)/t20-,21+/m0/s1. The summed E-state index contributed by atoms with van der Waals surface area (Å²) < 4.78 is 5.75. The summed E-state index contributed by atoms with van der Waals surface area (Å²) in [5, 5.41) is 14.6. The number of alkyl halides is 1. The molecule has 0 aliphatic heterocycles. The Labute approximate surface area is 189 Å². The van der Waals surface area contributed by atoms with Crippen molar-refractivity contribution in [3.63, 3.8) is 0 Å². The summed E-state index contributed by atoms with van der Waals surface area (Å²) in [6.07, 6.45) is 8.71. The lowest BCUT2D eigenvalue weighted by molar-refractivity contribution is 0.199. The highest BCUT2D eigenvalue weighted by Crippen LogP contribution is 2.47. The quantitative estimate of drug-likeness (QED) is 0.216. The van der Waals surface area contributed by atoms with Crippen LogP contribution in [0.4, 0.5) is 4.79 Å². The van der Waals surface area contributed by atoms with Crippen LogP contribution in [-0.2, 0) is 6.42 Å². The number of halogens is 1. The Hall–Kier alpha value is -1.75. The van der Waals surface area contributed by atoms with Gasteiger partial charge in [-0.05, 0) is 69.6 Å². The van der Waals surface area contributed by atoms with E-state index in [9.17, 15) is 9.90 Å². The zero-order valence-electron chi connectivity index (χ0n) is 18.6. The van der Waals surface area contributed by atoms with Crippen LogP contribution >= 0.6 is 15.9 Å².